The molecule has 0 spiro atoms. The molecule has 2 aromatic rings. The molecule has 0 amide bonds. The maximum atomic E-state index is 13.0. The molecule has 0 aliphatic carbocycles. The van der Waals surface area contributed by atoms with Crippen molar-refractivity contribution in [3.63, 3.8) is 0 Å². The lowest BCUT2D eigenvalue weighted by Crippen LogP contribution is -2.31. The molecule has 1 aliphatic rings. The van der Waals surface area contributed by atoms with Gasteiger partial charge in [-0.05, 0) is 37.5 Å². The standard InChI is InChI=1S/C14H17ClN4O2S/c1-10-13(14(15)18(2)17-10)22(20,21)19-9-3-4-12(19)11-5-7-16-8-6-11/h5-8,12H,3-4,9H2,1-2H3/t12-/m0/s1. The van der Waals surface area contributed by atoms with Gasteiger partial charge < -0.3 is 0 Å². The van der Waals surface area contributed by atoms with E-state index in [9.17, 15) is 8.42 Å². The largest absolute Gasteiger partial charge is 0.265 e. The third kappa shape index (κ3) is 2.43. The van der Waals surface area contributed by atoms with Crippen LogP contribution in [-0.2, 0) is 17.1 Å². The predicted molar refractivity (Wildman–Crippen MR) is 83.1 cm³/mol. The van der Waals surface area contributed by atoms with Crippen LogP contribution in [0.3, 0.4) is 0 Å². The van der Waals surface area contributed by atoms with Gasteiger partial charge in [0.15, 0.2) is 0 Å². The Morgan fingerprint density at radius 3 is 2.59 bits per heavy atom. The molecule has 6 nitrogen and oxygen atoms in total. The van der Waals surface area contributed by atoms with E-state index < -0.39 is 10.0 Å². The number of sulfonamides is 1. The molecule has 1 fully saturated rings. The highest BCUT2D eigenvalue weighted by Gasteiger charge is 2.39. The second-order valence-corrected chi connectivity index (χ2v) is 7.57. The number of hydrogen-bond donors (Lipinski definition) is 0. The van der Waals surface area contributed by atoms with E-state index in [4.69, 9.17) is 11.6 Å². The lowest BCUT2D eigenvalue weighted by atomic mass is 10.1. The molecule has 0 bridgehead atoms. The number of aryl methyl sites for hydroxylation is 2. The maximum Gasteiger partial charge on any atom is 0.248 e. The second-order valence-electron chi connectivity index (χ2n) is 5.38. The van der Waals surface area contributed by atoms with Crippen LogP contribution < -0.4 is 0 Å². The molecule has 0 unspecified atom stereocenters. The molecule has 1 saturated heterocycles. The fraction of sp³-hybridized carbons (Fsp3) is 0.429. The Morgan fingerprint density at radius 2 is 2.00 bits per heavy atom. The van der Waals surface area contributed by atoms with Crippen LogP contribution in [0.1, 0.15) is 30.1 Å². The monoisotopic (exact) mass is 340 g/mol. The van der Waals surface area contributed by atoms with E-state index in [1.807, 2.05) is 12.1 Å². The quantitative estimate of drug-likeness (QED) is 0.859. The number of hydrogen-bond acceptors (Lipinski definition) is 4. The van der Waals surface area contributed by atoms with Gasteiger partial charge in [-0.1, -0.05) is 11.6 Å². The Hall–Kier alpha value is -1.44. The van der Waals surface area contributed by atoms with Crippen LogP contribution in [0.4, 0.5) is 0 Å². The molecule has 3 heterocycles. The van der Waals surface area contributed by atoms with Crippen molar-refractivity contribution in [3.8, 4) is 0 Å². The van der Waals surface area contributed by atoms with Crippen molar-refractivity contribution < 1.29 is 8.42 Å². The molecule has 0 N–H and O–H groups in total. The Bertz CT molecular complexity index is 789. The number of nitrogens with zero attached hydrogens (tertiary/aromatic N) is 4. The summed E-state index contributed by atoms with van der Waals surface area (Å²) in [7, 11) is -2.04. The molecular weight excluding hydrogens is 324 g/mol. The molecule has 1 aliphatic heterocycles. The van der Waals surface area contributed by atoms with Crippen LogP contribution in [0.25, 0.3) is 0 Å². The van der Waals surface area contributed by atoms with Crippen molar-refractivity contribution in [2.24, 2.45) is 7.05 Å². The zero-order chi connectivity index (χ0) is 15.9. The molecule has 118 valence electrons. The molecular formula is C14H17ClN4O2S. The first kappa shape index (κ1) is 15.5. The van der Waals surface area contributed by atoms with E-state index in [2.05, 4.69) is 10.1 Å². The van der Waals surface area contributed by atoms with Crippen molar-refractivity contribution in [2.75, 3.05) is 6.54 Å². The Morgan fingerprint density at radius 1 is 1.32 bits per heavy atom. The highest BCUT2D eigenvalue weighted by atomic mass is 35.5. The lowest BCUT2D eigenvalue weighted by Gasteiger charge is -2.24. The van der Waals surface area contributed by atoms with Crippen LogP contribution in [0, 0.1) is 6.92 Å². The van der Waals surface area contributed by atoms with Crippen molar-refractivity contribution in [1.29, 1.82) is 0 Å². The van der Waals surface area contributed by atoms with Crippen LogP contribution in [0.15, 0.2) is 29.4 Å². The minimum atomic E-state index is -3.68. The van der Waals surface area contributed by atoms with Crippen molar-refractivity contribution in [3.05, 3.63) is 40.9 Å². The summed E-state index contributed by atoms with van der Waals surface area (Å²) in [5.74, 6) is 0. The first-order valence-electron chi connectivity index (χ1n) is 7.04. The van der Waals surface area contributed by atoms with Crippen LogP contribution in [-0.4, -0.2) is 34.0 Å². The second kappa shape index (κ2) is 5.64. The first-order chi connectivity index (χ1) is 10.4. The first-order valence-corrected chi connectivity index (χ1v) is 8.85. The molecule has 0 saturated carbocycles. The van der Waals surface area contributed by atoms with Gasteiger partial charge in [0.2, 0.25) is 10.0 Å². The molecule has 3 rings (SSSR count). The number of aromatic nitrogens is 3. The summed E-state index contributed by atoms with van der Waals surface area (Å²) in [5, 5.41) is 4.27. The zero-order valence-corrected chi connectivity index (χ0v) is 14.0. The summed E-state index contributed by atoms with van der Waals surface area (Å²) in [5.41, 5.74) is 1.38. The molecule has 22 heavy (non-hydrogen) atoms. The minimum Gasteiger partial charge on any atom is -0.265 e. The van der Waals surface area contributed by atoms with Gasteiger partial charge in [0.05, 0.1) is 11.7 Å². The highest BCUT2D eigenvalue weighted by molar-refractivity contribution is 7.89. The molecule has 1 atom stereocenters. The van der Waals surface area contributed by atoms with Gasteiger partial charge in [0.1, 0.15) is 10.0 Å². The molecule has 2 aromatic heterocycles. The van der Waals surface area contributed by atoms with Crippen LogP contribution in [0.2, 0.25) is 5.15 Å². The van der Waals surface area contributed by atoms with Crippen LogP contribution in [0.5, 0.6) is 0 Å². The zero-order valence-electron chi connectivity index (χ0n) is 12.4. The topological polar surface area (TPSA) is 68.1 Å². The van der Waals surface area contributed by atoms with Crippen molar-refractivity contribution in [2.45, 2.75) is 30.7 Å². The van der Waals surface area contributed by atoms with Gasteiger partial charge in [-0.15, -0.1) is 0 Å². The number of rotatable bonds is 3. The van der Waals surface area contributed by atoms with E-state index in [0.717, 1.165) is 18.4 Å². The average Bonchev–Trinajstić information content (AvgIpc) is 3.06. The third-order valence-corrected chi connectivity index (χ3v) is 6.57. The molecule has 8 heteroatoms. The average molecular weight is 341 g/mol. The number of halogens is 1. The Kier molecular flexibility index (Phi) is 3.96. The van der Waals surface area contributed by atoms with E-state index in [-0.39, 0.29) is 16.1 Å². The summed E-state index contributed by atoms with van der Waals surface area (Å²) in [6, 6.07) is 3.54. The Balaban J connectivity index is 2.05. The van der Waals surface area contributed by atoms with Gasteiger partial charge in [-0.3, -0.25) is 9.67 Å². The molecule has 0 radical (unpaired) electrons. The van der Waals surface area contributed by atoms with E-state index in [1.165, 1.54) is 8.99 Å². The summed E-state index contributed by atoms with van der Waals surface area (Å²) in [6.45, 7) is 2.15. The lowest BCUT2D eigenvalue weighted by molar-refractivity contribution is 0.396. The van der Waals surface area contributed by atoms with Crippen molar-refractivity contribution in [1.82, 2.24) is 19.1 Å². The Labute approximate surface area is 134 Å². The van der Waals surface area contributed by atoms with Gasteiger partial charge in [0.25, 0.3) is 0 Å². The fourth-order valence-corrected chi connectivity index (χ4v) is 5.36. The number of pyridine rings is 1. The molecule has 0 aromatic carbocycles. The summed E-state index contributed by atoms with van der Waals surface area (Å²) in [4.78, 5) is 4.10. The third-order valence-electron chi connectivity index (χ3n) is 3.96. The maximum absolute atomic E-state index is 13.0. The van der Waals surface area contributed by atoms with E-state index in [0.29, 0.717) is 12.2 Å². The van der Waals surface area contributed by atoms with Crippen LogP contribution >= 0.6 is 11.6 Å². The van der Waals surface area contributed by atoms with Gasteiger partial charge in [-0.25, -0.2) is 8.42 Å². The summed E-state index contributed by atoms with van der Waals surface area (Å²) < 4.78 is 29.0. The summed E-state index contributed by atoms with van der Waals surface area (Å²) >= 11 is 6.16. The van der Waals surface area contributed by atoms with Crippen molar-refractivity contribution >= 4 is 21.6 Å². The van der Waals surface area contributed by atoms with E-state index in [1.54, 1.807) is 26.4 Å². The van der Waals surface area contributed by atoms with Gasteiger partial charge >= 0.3 is 0 Å². The van der Waals surface area contributed by atoms with Gasteiger partial charge in [-0.2, -0.15) is 9.40 Å². The predicted octanol–water partition coefficient (Wildman–Crippen LogP) is 2.30. The highest BCUT2D eigenvalue weighted by Crippen LogP contribution is 2.38. The fourth-order valence-electron chi connectivity index (χ4n) is 2.97. The summed E-state index contributed by atoms with van der Waals surface area (Å²) in [6.07, 6.45) is 4.98. The van der Waals surface area contributed by atoms with Gasteiger partial charge in [0, 0.05) is 26.0 Å². The smallest absolute Gasteiger partial charge is 0.248 e. The van der Waals surface area contributed by atoms with E-state index >= 15 is 0 Å². The normalized spacial score (nSPS) is 19.7. The SMILES string of the molecule is Cc1nn(C)c(Cl)c1S(=O)(=O)N1CCC[C@H]1c1ccncc1. The minimum absolute atomic E-state index is 0.109.